The zero-order chi connectivity index (χ0) is 15.4. The van der Waals surface area contributed by atoms with Crippen LogP contribution in [-0.2, 0) is 0 Å². The lowest BCUT2D eigenvalue weighted by Crippen LogP contribution is -2.47. The number of nitrogens with zero attached hydrogens (tertiary/aromatic N) is 1. The van der Waals surface area contributed by atoms with Crippen molar-refractivity contribution in [1.29, 1.82) is 0 Å². The van der Waals surface area contributed by atoms with Gasteiger partial charge in [0, 0.05) is 17.1 Å². The summed E-state index contributed by atoms with van der Waals surface area (Å²) in [6.45, 7) is 0.120. The minimum Gasteiger partial charge on any atom is -0.478 e. The van der Waals surface area contributed by atoms with E-state index < -0.39 is 5.97 Å². The second kappa shape index (κ2) is 6.91. The summed E-state index contributed by atoms with van der Waals surface area (Å²) in [7, 11) is 0. The van der Waals surface area contributed by atoms with Crippen molar-refractivity contribution in [3.05, 3.63) is 28.2 Å². The predicted molar refractivity (Wildman–Crippen MR) is 81.6 cm³/mol. The Labute approximate surface area is 130 Å². The van der Waals surface area contributed by atoms with Gasteiger partial charge in [0.15, 0.2) is 0 Å². The third-order valence-electron chi connectivity index (χ3n) is 3.59. The van der Waals surface area contributed by atoms with Gasteiger partial charge in [-0.15, -0.1) is 0 Å². The van der Waals surface area contributed by atoms with Crippen LogP contribution in [-0.4, -0.2) is 46.3 Å². The number of hydrogen-bond acceptors (Lipinski definition) is 3. The highest BCUT2D eigenvalue weighted by atomic mass is 79.9. The van der Waals surface area contributed by atoms with E-state index in [4.69, 9.17) is 5.11 Å². The summed E-state index contributed by atoms with van der Waals surface area (Å²) in [5.41, 5.74) is 0.257. The number of urea groups is 1. The van der Waals surface area contributed by atoms with E-state index in [1.165, 1.54) is 6.07 Å². The van der Waals surface area contributed by atoms with Gasteiger partial charge < -0.3 is 20.4 Å². The van der Waals surface area contributed by atoms with Crippen molar-refractivity contribution in [1.82, 2.24) is 4.90 Å². The molecule has 0 heterocycles. The number of amides is 2. The van der Waals surface area contributed by atoms with Crippen LogP contribution in [0.15, 0.2) is 22.7 Å². The quantitative estimate of drug-likeness (QED) is 0.755. The molecule has 7 heteroatoms. The van der Waals surface area contributed by atoms with E-state index in [-0.39, 0.29) is 36.5 Å². The number of rotatable bonds is 5. The number of aromatic carboxylic acids is 1. The Morgan fingerprint density at radius 1 is 1.38 bits per heavy atom. The molecule has 0 aliphatic heterocycles. The Balaban J connectivity index is 2.19. The Morgan fingerprint density at radius 2 is 2.10 bits per heavy atom. The first-order valence-electron chi connectivity index (χ1n) is 6.75. The Kier molecular flexibility index (Phi) is 5.19. The largest absolute Gasteiger partial charge is 0.478 e. The Hall–Kier alpha value is -1.60. The topological polar surface area (TPSA) is 89.9 Å². The maximum Gasteiger partial charge on any atom is 0.337 e. The minimum absolute atomic E-state index is 0.0234. The Bertz CT molecular complexity index is 546. The van der Waals surface area contributed by atoms with E-state index >= 15 is 0 Å². The van der Waals surface area contributed by atoms with Crippen LogP contribution in [0.3, 0.4) is 0 Å². The van der Waals surface area contributed by atoms with Crippen LogP contribution in [0.2, 0.25) is 0 Å². The smallest absolute Gasteiger partial charge is 0.337 e. The number of carboxylic acid groups (broad SMARTS) is 1. The normalized spacial score (nSPS) is 14.4. The molecule has 0 unspecified atom stereocenters. The maximum atomic E-state index is 12.4. The number of aliphatic hydroxyl groups excluding tert-OH is 1. The van der Waals surface area contributed by atoms with E-state index in [0.717, 1.165) is 19.3 Å². The van der Waals surface area contributed by atoms with Gasteiger partial charge >= 0.3 is 12.0 Å². The molecule has 21 heavy (non-hydrogen) atoms. The van der Waals surface area contributed by atoms with Crippen molar-refractivity contribution in [3.8, 4) is 0 Å². The van der Waals surface area contributed by atoms with Gasteiger partial charge in [-0.05, 0) is 47.3 Å². The zero-order valence-corrected chi connectivity index (χ0v) is 13.0. The monoisotopic (exact) mass is 356 g/mol. The fourth-order valence-electron chi connectivity index (χ4n) is 2.26. The molecule has 1 aliphatic carbocycles. The SMILES string of the molecule is O=C(O)c1cccc(Br)c1NC(=O)N(CCO)C1CCC1. The van der Waals surface area contributed by atoms with Crippen molar-refractivity contribution < 1.29 is 19.8 Å². The lowest BCUT2D eigenvalue weighted by Gasteiger charge is -2.37. The van der Waals surface area contributed by atoms with E-state index in [0.29, 0.717) is 4.47 Å². The standard InChI is InChI=1S/C14H17BrN2O4/c15-11-6-2-5-10(13(19)20)12(11)16-14(21)17(7-8-18)9-3-1-4-9/h2,5-6,9,18H,1,3-4,7-8H2,(H,16,21)(H,19,20). The average molecular weight is 357 g/mol. The third kappa shape index (κ3) is 3.54. The first-order valence-corrected chi connectivity index (χ1v) is 7.54. The third-order valence-corrected chi connectivity index (χ3v) is 4.25. The van der Waals surface area contributed by atoms with Gasteiger partial charge in [0.2, 0.25) is 0 Å². The zero-order valence-electron chi connectivity index (χ0n) is 11.4. The summed E-state index contributed by atoms with van der Waals surface area (Å²) in [6, 6.07) is 4.43. The molecule has 1 aromatic rings. The number of para-hydroxylation sites is 1. The molecule has 1 aliphatic rings. The molecule has 114 valence electrons. The summed E-state index contributed by atoms with van der Waals surface area (Å²) in [5.74, 6) is -1.11. The number of carbonyl (C=O) groups excluding carboxylic acids is 1. The molecule has 0 bridgehead atoms. The number of benzene rings is 1. The lowest BCUT2D eigenvalue weighted by atomic mass is 9.91. The number of halogens is 1. The van der Waals surface area contributed by atoms with Crippen molar-refractivity contribution in [2.75, 3.05) is 18.5 Å². The number of carbonyl (C=O) groups is 2. The lowest BCUT2D eigenvalue weighted by molar-refractivity contribution is 0.0698. The van der Waals surface area contributed by atoms with Crippen LogP contribution >= 0.6 is 15.9 Å². The molecule has 0 aromatic heterocycles. The van der Waals surface area contributed by atoms with Crippen molar-refractivity contribution >= 4 is 33.6 Å². The minimum atomic E-state index is -1.11. The molecule has 0 spiro atoms. The van der Waals surface area contributed by atoms with Crippen LogP contribution in [0.5, 0.6) is 0 Å². The number of anilines is 1. The number of aliphatic hydroxyl groups is 1. The number of carboxylic acids is 1. The van der Waals surface area contributed by atoms with Gasteiger partial charge in [0.25, 0.3) is 0 Å². The molecule has 0 saturated heterocycles. The molecule has 1 aromatic carbocycles. The summed E-state index contributed by atoms with van der Waals surface area (Å²) >= 11 is 3.25. The second-order valence-electron chi connectivity index (χ2n) is 4.90. The van der Waals surface area contributed by atoms with Gasteiger partial charge in [-0.3, -0.25) is 0 Å². The van der Waals surface area contributed by atoms with Gasteiger partial charge in [-0.2, -0.15) is 0 Å². The molecule has 2 amide bonds. The van der Waals surface area contributed by atoms with E-state index in [1.807, 2.05) is 0 Å². The van der Waals surface area contributed by atoms with Gasteiger partial charge in [-0.25, -0.2) is 9.59 Å². The van der Waals surface area contributed by atoms with Gasteiger partial charge in [0.1, 0.15) is 0 Å². The van der Waals surface area contributed by atoms with E-state index in [1.54, 1.807) is 17.0 Å². The predicted octanol–water partition coefficient (Wildman–Crippen LogP) is 2.53. The summed E-state index contributed by atoms with van der Waals surface area (Å²) in [5, 5.41) is 20.9. The Morgan fingerprint density at radius 3 is 2.62 bits per heavy atom. The highest BCUT2D eigenvalue weighted by Gasteiger charge is 2.29. The first kappa shape index (κ1) is 15.8. The van der Waals surface area contributed by atoms with Crippen LogP contribution in [0.25, 0.3) is 0 Å². The van der Waals surface area contributed by atoms with Crippen LogP contribution in [0, 0.1) is 0 Å². The highest BCUT2D eigenvalue weighted by Crippen LogP contribution is 2.29. The molecule has 1 fully saturated rings. The van der Waals surface area contributed by atoms with Gasteiger partial charge in [-0.1, -0.05) is 6.07 Å². The van der Waals surface area contributed by atoms with Gasteiger partial charge in [0.05, 0.1) is 17.9 Å². The highest BCUT2D eigenvalue weighted by molar-refractivity contribution is 9.10. The van der Waals surface area contributed by atoms with E-state index in [9.17, 15) is 14.7 Å². The summed E-state index contributed by atoms with van der Waals surface area (Å²) < 4.78 is 0.508. The molecule has 6 nitrogen and oxygen atoms in total. The fourth-order valence-corrected chi connectivity index (χ4v) is 2.73. The summed E-state index contributed by atoms with van der Waals surface area (Å²) in [4.78, 5) is 25.1. The summed E-state index contributed by atoms with van der Waals surface area (Å²) in [6.07, 6.45) is 2.89. The fraction of sp³-hybridized carbons (Fsp3) is 0.429. The van der Waals surface area contributed by atoms with Crippen molar-refractivity contribution in [2.45, 2.75) is 25.3 Å². The van der Waals surface area contributed by atoms with E-state index in [2.05, 4.69) is 21.2 Å². The van der Waals surface area contributed by atoms with Crippen molar-refractivity contribution in [2.24, 2.45) is 0 Å². The number of nitrogens with one attached hydrogen (secondary N) is 1. The molecular weight excluding hydrogens is 340 g/mol. The molecule has 1 saturated carbocycles. The molecule has 2 rings (SSSR count). The van der Waals surface area contributed by atoms with Crippen LogP contribution in [0.4, 0.5) is 10.5 Å². The molecule has 3 N–H and O–H groups in total. The maximum absolute atomic E-state index is 12.4. The second-order valence-corrected chi connectivity index (χ2v) is 5.75. The first-order chi connectivity index (χ1) is 10.0. The van der Waals surface area contributed by atoms with Crippen LogP contribution in [0.1, 0.15) is 29.6 Å². The molecular formula is C14H17BrN2O4. The molecule has 0 atom stereocenters. The molecule has 0 radical (unpaired) electrons. The van der Waals surface area contributed by atoms with Crippen molar-refractivity contribution in [3.63, 3.8) is 0 Å². The van der Waals surface area contributed by atoms with Crippen LogP contribution < -0.4 is 5.32 Å². The average Bonchev–Trinajstić information content (AvgIpc) is 2.38. The number of hydrogen-bond donors (Lipinski definition) is 3.